The molecule has 5 nitrogen and oxygen atoms in total. The summed E-state index contributed by atoms with van der Waals surface area (Å²) in [6, 6.07) is 4.22. The zero-order valence-corrected chi connectivity index (χ0v) is 12.5. The molecule has 3 N–H and O–H groups in total. The van der Waals surface area contributed by atoms with E-state index in [1.165, 1.54) is 7.11 Å². The summed E-state index contributed by atoms with van der Waals surface area (Å²) < 4.78 is 41.3. The molecule has 1 aromatic rings. The molecule has 0 aliphatic rings. The third kappa shape index (κ3) is 5.98. The molecule has 0 bridgehead atoms. The van der Waals surface area contributed by atoms with Gasteiger partial charge in [-0.3, -0.25) is 0 Å². The van der Waals surface area contributed by atoms with E-state index in [1.807, 2.05) is 0 Å². The van der Waals surface area contributed by atoms with Gasteiger partial charge in [-0.1, -0.05) is 17.7 Å². The molecule has 1 rings (SSSR count). The fourth-order valence-corrected chi connectivity index (χ4v) is 1.75. The molecule has 2 amide bonds. The van der Waals surface area contributed by atoms with E-state index in [0.29, 0.717) is 16.3 Å². The summed E-state index contributed by atoms with van der Waals surface area (Å²) in [7, 11) is 1.45. The number of carbonyl (C=O) groups is 1. The van der Waals surface area contributed by atoms with E-state index >= 15 is 0 Å². The van der Waals surface area contributed by atoms with Gasteiger partial charge in [-0.2, -0.15) is 13.2 Å². The van der Waals surface area contributed by atoms with Gasteiger partial charge in [0.05, 0.1) is 7.11 Å². The monoisotopic (exact) mass is 340 g/mol. The summed E-state index contributed by atoms with van der Waals surface area (Å²) in [6.45, 7) is -0.182. The highest BCUT2D eigenvalue weighted by atomic mass is 35.5. The lowest BCUT2D eigenvalue weighted by molar-refractivity contribution is -0.204. The standard InChI is InChI=1S/C13H16ClF3N2O3/c1-22-10-6-9(14)3-2-8(10)7-19-12(21)18-5-4-11(20)13(15,16)17/h2-3,6,11,20H,4-5,7H2,1H3,(H2,18,19,21). The van der Waals surface area contributed by atoms with Crippen molar-refractivity contribution in [2.75, 3.05) is 13.7 Å². The minimum absolute atomic E-state index is 0.119. The minimum Gasteiger partial charge on any atom is -0.496 e. The van der Waals surface area contributed by atoms with Crippen molar-refractivity contribution in [2.45, 2.75) is 25.2 Å². The number of rotatable bonds is 6. The predicted molar refractivity (Wildman–Crippen MR) is 74.9 cm³/mol. The van der Waals surface area contributed by atoms with E-state index in [9.17, 15) is 18.0 Å². The topological polar surface area (TPSA) is 70.6 Å². The lowest BCUT2D eigenvalue weighted by atomic mass is 10.2. The normalized spacial score (nSPS) is 12.6. The Hall–Kier alpha value is -1.67. The van der Waals surface area contributed by atoms with Crippen LogP contribution in [0.4, 0.5) is 18.0 Å². The van der Waals surface area contributed by atoms with Gasteiger partial charge in [0, 0.05) is 23.7 Å². The largest absolute Gasteiger partial charge is 0.496 e. The van der Waals surface area contributed by atoms with Gasteiger partial charge in [0.1, 0.15) is 5.75 Å². The SMILES string of the molecule is COc1cc(Cl)ccc1CNC(=O)NCCC(O)C(F)(F)F. The maximum atomic E-state index is 12.1. The highest BCUT2D eigenvalue weighted by molar-refractivity contribution is 6.30. The second kappa shape index (κ2) is 8.09. The number of alkyl halides is 3. The van der Waals surface area contributed by atoms with Gasteiger partial charge < -0.3 is 20.5 Å². The first-order valence-corrected chi connectivity index (χ1v) is 6.70. The van der Waals surface area contributed by atoms with Crippen LogP contribution in [0.2, 0.25) is 5.02 Å². The molecule has 0 saturated heterocycles. The zero-order chi connectivity index (χ0) is 16.8. The summed E-state index contributed by atoms with van der Waals surface area (Å²) in [5.74, 6) is 0.486. The number of ether oxygens (including phenoxy) is 1. The van der Waals surface area contributed by atoms with Gasteiger partial charge in [-0.05, 0) is 18.6 Å². The van der Waals surface area contributed by atoms with Crippen LogP contribution in [0.1, 0.15) is 12.0 Å². The number of carbonyl (C=O) groups excluding carboxylic acids is 1. The van der Waals surface area contributed by atoms with E-state index in [0.717, 1.165) is 0 Å². The average Bonchev–Trinajstić information content (AvgIpc) is 2.44. The summed E-state index contributed by atoms with van der Waals surface area (Å²) in [5, 5.41) is 14.0. The van der Waals surface area contributed by atoms with Crippen LogP contribution in [-0.4, -0.2) is 37.1 Å². The van der Waals surface area contributed by atoms with E-state index < -0.39 is 24.7 Å². The quantitative estimate of drug-likeness (QED) is 0.745. The molecule has 9 heteroatoms. The molecule has 0 spiro atoms. The summed E-state index contributed by atoms with van der Waals surface area (Å²) in [4.78, 5) is 11.5. The number of methoxy groups -OCH3 is 1. The van der Waals surface area contributed by atoms with Crippen molar-refractivity contribution < 1.29 is 27.8 Å². The molecule has 0 saturated carbocycles. The Bertz CT molecular complexity index is 512. The van der Waals surface area contributed by atoms with Crippen molar-refractivity contribution in [3.63, 3.8) is 0 Å². The van der Waals surface area contributed by atoms with Gasteiger partial charge >= 0.3 is 12.2 Å². The Kier molecular flexibility index (Phi) is 6.76. The van der Waals surface area contributed by atoms with Gasteiger partial charge in [0.15, 0.2) is 6.10 Å². The van der Waals surface area contributed by atoms with Crippen LogP contribution in [-0.2, 0) is 6.54 Å². The fraction of sp³-hybridized carbons (Fsp3) is 0.462. The Morgan fingerprint density at radius 3 is 2.68 bits per heavy atom. The number of urea groups is 1. The second-order valence-corrected chi connectivity index (χ2v) is 4.85. The van der Waals surface area contributed by atoms with Crippen LogP contribution < -0.4 is 15.4 Å². The first-order valence-electron chi connectivity index (χ1n) is 6.33. The number of nitrogens with one attached hydrogen (secondary N) is 2. The van der Waals surface area contributed by atoms with Crippen LogP contribution >= 0.6 is 11.6 Å². The molecule has 1 aromatic carbocycles. The molecular formula is C13H16ClF3N2O3. The van der Waals surface area contributed by atoms with Crippen molar-refractivity contribution in [3.8, 4) is 5.75 Å². The Morgan fingerprint density at radius 2 is 2.09 bits per heavy atom. The molecule has 124 valence electrons. The van der Waals surface area contributed by atoms with Crippen molar-refractivity contribution >= 4 is 17.6 Å². The van der Waals surface area contributed by atoms with Crippen LogP contribution in [0.3, 0.4) is 0 Å². The van der Waals surface area contributed by atoms with Crippen LogP contribution in [0.25, 0.3) is 0 Å². The predicted octanol–water partition coefficient (Wildman–Crippen LogP) is 2.46. The highest BCUT2D eigenvalue weighted by Crippen LogP contribution is 2.23. The van der Waals surface area contributed by atoms with Crippen molar-refractivity contribution in [2.24, 2.45) is 0 Å². The first-order chi connectivity index (χ1) is 10.2. The van der Waals surface area contributed by atoms with E-state index in [4.69, 9.17) is 21.4 Å². The van der Waals surface area contributed by atoms with E-state index in [1.54, 1.807) is 18.2 Å². The smallest absolute Gasteiger partial charge is 0.414 e. The highest BCUT2D eigenvalue weighted by Gasteiger charge is 2.37. The van der Waals surface area contributed by atoms with Crippen molar-refractivity contribution in [1.29, 1.82) is 0 Å². The van der Waals surface area contributed by atoms with E-state index in [-0.39, 0.29) is 13.1 Å². The zero-order valence-electron chi connectivity index (χ0n) is 11.7. The maximum Gasteiger partial charge on any atom is 0.414 e. The van der Waals surface area contributed by atoms with E-state index in [2.05, 4.69) is 10.6 Å². The van der Waals surface area contributed by atoms with Crippen LogP contribution in [0, 0.1) is 0 Å². The molecule has 1 atom stereocenters. The third-order valence-corrected chi connectivity index (χ3v) is 3.00. The number of halogens is 4. The summed E-state index contributed by atoms with van der Waals surface area (Å²) in [5.41, 5.74) is 0.664. The maximum absolute atomic E-state index is 12.1. The Morgan fingerprint density at radius 1 is 1.41 bits per heavy atom. The molecule has 0 radical (unpaired) electrons. The number of hydrogen-bond acceptors (Lipinski definition) is 3. The Balaban J connectivity index is 2.38. The number of benzene rings is 1. The molecule has 0 aliphatic heterocycles. The molecule has 22 heavy (non-hydrogen) atoms. The molecule has 1 unspecified atom stereocenters. The van der Waals surface area contributed by atoms with Gasteiger partial charge in [-0.25, -0.2) is 4.79 Å². The van der Waals surface area contributed by atoms with Gasteiger partial charge in [0.2, 0.25) is 0 Å². The number of amides is 2. The number of aliphatic hydroxyl groups excluding tert-OH is 1. The lowest BCUT2D eigenvalue weighted by Gasteiger charge is -2.15. The third-order valence-electron chi connectivity index (χ3n) is 2.77. The summed E-state index contributed by atoms with van der Waals surface area (Å²) >= 11 is 5.80. The van der Waals surface area contributed by atoms with Crippen molar-refractivity contribution in [1.82, 2.24) is 10.6 Å². The molecule has 0 aromatic heterocycles. The first kappa shape index (κ1) is 18.4. The molecule has 0 heterocycles. The fourth-order valence-electron chi connectivity index (χ4n) is 1.59. The van der Waals surface area contributed by atoms with Crippen molar-refractivity contribution in [3.05, 3.63) is 28.8 Å². The number of hydrogen-bond donors (Lipinski definition) is 3. The van der Waals surface area contributed by atoms with Crippen LogP contribution in [0.15, 0.2) is 18.2 Å². The number of aliphatic hydroxyl groups is 1. The minimum atomic E-state index is -4.69. The van der Waals surface area contributed by atoms with Gasteiger partial charge in [0.25, 0.3) is 0 Å². The summed E-state index contributed by atoms with van der Waals surface area (Å²) in [6.07, 6.45) is -7.75. The molecular weight excluding hydrogens is 325 g/mol. The Labute approximate surface area is 130 Å². The van der Waals surface area contributed by atoms with Gasteiger partial charge in [-0.15, -0.1) is 0 Å². The second-order valence-electron chi connectivity index (χ2n) is 4.41. The molecule has 0 fully saturated rings. The molecule has 0 aliphatic carbocycles. The average molecular weight is 341 g/mol. The lowest BCUT2D eigenvalue weighted by Crippen LogP contribution is -2.38. The van der Waals surface area contributed by atoms with Crippen LogP contribution in [0.5, 0.6) is 5.75 Å².